The van der Waals surface area contributed by atoms with E-state index < -0.39 is 0 Å². The third kappa shape index (κ3) is 6.39. The molecule has 0 aromatic rings. The highest BCUT2D eigenvalue weighted by Gasteiger charge is 2.29. The SMILES string of the molecule is CCOC(=O)C(CN(CC1CC1)C(C)C)NC(C)C. The van der Waals surface area contributed by atoms with E-state index in [0.29, 0.717) is 12.6 Å². The molecule has 1 saturated carbocycles. The maximum Gasteiger partial charge on any atom is 0.324 e. The van der Waals surface area contributed by atoms with Crippen molar-refractivity contribution >= 4 is 5.97 Å². The van der Waals surface area contributed by atoms with Gasteiger partial charge in [0.1, 0.15) is 6.04 Å². The van der Waals surface area contributed by atoms with Gasteiger partial charge in [-0.05, 0) is 39.5 Å². The third-order valence-corrected chi connectivity index (χ3v) is 3.44. The van der Waals surface area contributed by atoms with Gasteiger partial charge in [-0.2, -0.15) is 0 Å². The van der Waals surface area contributed by atoms with Crippen LogP contribution in [0.5, 0.6) is 0 Å². The maximum atomic E-state index is 12.0. The second-order valence-electron chi connectivity index (χ2n) is 6.12. The first-order chi connectivity index (χ1) is 8.93. The summed E-state index contributed by atoms with van der Waals surface area (Å²) < 4.78 is 5.18. The van der Waals surface area contributed by atoms with Crippen LogP contribution in [0.25, 0.3) is 0 Å². The molecule has 4 nitrogen and oxygen atoms in total. The smallest absolute Gasteiger partial charge is 0.324 e. The molecule has 112 valence electrons. The van der Waals surface area contributed by atoms with Crippen LogP contribution in [0.15, 0.2) is 0 Å². The molecule has 4 heteroatoms. The maximum absolute atomic E-state index is 12.0. The molecule has 0 saturated heterocycles. The van der Waals surface area contributed by atoms with Gasteiger partial charge in [0.2, 0.25) is 0 Å². The first-order valence-corrected chi connectivity index (χ1v) is 7.60. The number of nitrogens with one attached hydrogen (secondary N) is 1. The minimum Gasteiger partial charge on any atom is -0.465 e. The van der Waals surface area contributed by atoms with Gasteiger partial charge in [-0.25, -0.2) is 0 Å². The van der Waals surface area contributed by atoms with Crippen molar-refractivity contribution in [1.29, 1.82) is 0 Å². The molecule has 19 heavy (non-hydrogen) atoms. The Kier molecular flexibility index (Phi) is 6.80. The molecule has 0 bridgehead atoms. The molecule has 1 unspecified atom stereocenters. The number of rotatable bonds is 9. The fourth-order valence-electron chi connectivity index (χ4n) is 2.20. The molecule has 0 radical (unpaired) electrons. The molecule has 1 aliphatic carbocycles. The molecule has 0 aliphatic heterocycles. The van der Waals surface area contributed by atoms with E-state index in [-0.39, 0.29) is 18.1 Å². The summed E-state index contributed by atoms with van der Waals surface area (Å²) in [5.74, 6) is 0.710. The molecular weight excluding hydrogens is 240 g/mol. The highest BCUT2D eigenvalue weighted by molar-refractivity contribution is 5.76. The number of hydrogen-bond donors (Lipinski definition) is 1. The van der Waals surface area contributed by atoms with Gasteiger partial charge in [-0.1, -0.05) is 13.8 Å². The van der Waals surface area contributed by atoms with Crippen molar-refractivity contribution in [2.45, 2.75) is 65.6 Å². The van der Waals surface area contributed by atoms with Crippen LogP contribution < -0.4 is 5.32 Å². The van der Waals surface area contributed by atoms with Crippen molar-refractivity contribution in [3.8, 4) is 0 Å². The molecule has 0 heterocycles. The second kappa shape index (κ2) is 7.85. The van der Waals surface area contributed by atoms with Crippen molar-refractivity contribution in [3.05, 3.63) is 0 Å². The molecule has 1 fully saturated rings. The normalized spacial score (nSPS) is 17.3. The zero-order valence-electron chi connectivity index (χ0n) is 13.1. The minimum absolute atomic E-state index is 0.127. The summed E-state index contributed by atoms with van der Waals surface area (Å²) in [6.07, 6.45) is 2.68. The van der Waals surface area contributed by atoms with E-state index >= 15 is 0 Å². The molecule has 1 aliphatic rings. The Morgan fingerprint density at radius 3 is 2.37 bits per heavy atom. The Morgan fingerprint density at radius 2 is 1.95 bits per heavy atom. The first-order valence-electron chi connectivity index (χ1n) is 7.60. The average Bonchev–Trinajstić information content (AvgIpc) is 3.10. The monoisotopic (exact) mass is 270 g/mol. The van der Waals surface area contributed by atoms with Crippen LogP contribution in [-0.4, -0.2) is 48.7 Å². The molecule has 1 atom stereocenters. The Balaban J connectivity index is 2.57. The molecule has 0 aromatic heterocycles. The lowest BCUT2D eigenvalue weighted by Crippen LogP contribution is -2.51. The molecular formula is C15H30N2O2. The van der Waals surface area contributed by atoms with E-state index in [1.807, 2.05) is 6.92 Å². The van der Waals surface area contributed by atoms with Crippen LogP contribution in [0.4, 0.5) is 0 Å². The van der Waals surface area contributed by atoms with Crippen LogP contribution in [0.1, 0.15) is 47.5 Å². The van der Waals surface area contributed by atoms with E-state index in [9.17, 15) is 4.79 Å². The van der Waals surface area contributed by atoms with Gasteiger partial charge in [-0.15, -0.1) is 0 Å². The van der Waals surface area contributed by atoms with Crippen LogP contribution in [0.3, 0.4) is 0 Å². The fraction of sp³-hybridized carbons (Fsp3) is 0.933. The topological polar surface area (TPSA) is 41.6 Å². The zero-order chi connectivity index (χ0) is 14.4. The predicted octanol–water partition coefficient (Wildman–Crippen LogP) is 2.04. The number of hydrogen-bond acceptors (Lipinski definition) is 4. The van der Waals surface area contributed by atoms with Gasteiger partial charge in [0.05, 0.1) is 6.61 Å². The molecule has 0 spiro atoms. The lowest BCUT2D eigenvalue weighted by atomic mass is 10.2. The van der Waals surface area contributed by atoms with Crippen LogP contribution in [0.2, 0.25) is 0 Å². The number of carbonyl (C=O) groups is 1. The van der Waals surface area contributed by atoms with Crippen molar-refractivity contribution in [2.24, 2.45) is 5.92 Å². The largest absolute Gasteiger partial charge is 0.465 e. The summed E-state index contributed by atoms with van der Waals surface area (Å²) in [6, 6.07) is 0.525. The predicted molar refractivity (Wildman–Crippen MR) is 78.1 cm³/mol. The lowest BCUT2D eigenvalue weighted by molar-refractivity contribution is -0.146. The van der Waals surface area contributed by atoms with E-state index in [4.69, 9.17) is 4.74 Å². The number of carbonyl (C=O) groups excluding carboxylic acids is 1. The average molecular weight is 270 g/mol. The van der Waals surface area contributed by atoms with Gasteiger partial charge >= 0.3 is 5.97 Å². The molecule has 0 aromatic carbocycles. The van der Waals surface area contributed by atoms with E-state index in [0.717, 1.165) is 19.0 Å². The number of esters is 1. The molecule has 1 N–H and O–H groups in total. The summed E-state index contributed by atoms with van der Waals surface area (Å²) in [6.45, 7) is 12.7. The van der Waals surface area contributed by atoms with Gasteiger partial charge < -0.3 is 10.1 Å². The number of nitrogens with zero attached hydrogens (tertiary/aromatic N) is 1. The highest BCUT2D eigenvalue weighted by Crippen LogP contribution is 2.30. The van der Waals surface area contributed by atoms with Crippen molar-refractivity contribution in [2.75, 3.05) is 19.7 Å². The van der Waals surface area contributed by atoms with Crippen molar-refractivity contribution in [3.63, 3.8) is 0 Å². The van der Waals surface area contributed by atoms with Crippen LogP contribution in [0, 0.1) is 5.92 Å². The van der Waals surface area contributed by atoms with E-state index in [2.05, 4.69) is 37.9 Å². The van der Waals surface area contributed by atoms with Gasteiger partial charge in [0.25, 0.3) is 0 Å². The minimum atomic E-state index is -0.221. The molecule has 1 rings (SSSR count). The zero-order valence-corrected chi connectivity index (χ0v) is 13.1. The Hall–Kier alpha value is -0.610. The summed E-state index contributed by atoms with van der Waals surface area (Å²) in [4.78, 5) is 14.4. The summed E-state index contributed by atoms with van der Waals surface area (Å²) >= 11 is 0. The molecule has 0 amide bonds. The van der Waals surface area contributed by atoms with E-state index in [1.165, 1.54) is 12.8 Å². The second-order valence-corrected chi connectivity index (χ2v) is 6.12. The highest BCUT2D eigenvalue weighted by atomic mass is 16.5. The Labute approximate surface area is 117 Å². The summed E-state index contributed by atoms with van der Waals surface area (Å²) in [5.41, 5.74) is 0. The lowest BCUT2D eigenvalue weighted by Gasteiger charge is -2.31. The fourth-order valence-corrected chi connectivity index (χ4v) is 2.20. The van der Waals surface area contributed by atoms with Gasteiger partial charge in [-0.3, -0.25) is 9.69 Å². The van der Waals surface area contributed by atoms with Gasteiger partial charge in [0, 0.05) is 25.2 Å². The quantitative estimate of drug-likeness (QED) is 0.651. The number of ether oxygens (including phenoxy) is 1. The standard InChI is InChI=1S/C15H30N2O2/c1-6-19-15(18)14(16-11(2)3)10-17(12(4)5)9-13-7-8-13/h11-14,16H,6-10H2,1-5H3. The summed E-state index contributed by atoms with van der Waals surface area (Å²) in [7, 11) is 0. The van der Waals surface area contributed by atoms with Crippen molar-refractivity contribution < 1.29 is 9.53 Å². The van der Waals surface area contributed by atoms with Crippen LogP contribution in [-0.2, 0) is 9.53 Å². The Bertz CT molecular complexity index is 275. The third-order valence-electron chi connectivity index (χ3n) is 3.44. The van der Waals surface area contributed by atoms with Gasteiger partial charge in [0.15, 0.2) is 0 Å². The Morgan fingerprint density at radius 1 is 1.32 bits per heavy atom. The summed E-state index contributed by atoms with van der Waals surface area (Å²) in [5, 5.41) is 3.33. The van der Waals surface area contributed by atoms with Crippen LogP contribution >= 0.6 is 0 Å². The van der Waals surface area contributed by atoms with E-state index in [1.54, 1.807) is 0 Å². The van der Waals surface area contributed by atoms with Crippen molar-refractivity contribution in [1.82, 2.24) is 10.2 Å². The first kappa shape index (κ1) is 16.4.